The SMILES string of the molecule is C=CC(=CC)C(OCC1CC(OP(OCCC#N)N(CC)CCC)CN1C(=O)CCc1cc2nc3ccccc3oc-2cc1=O)(c1ccc(OC)cc1)c1ccc(OC)cc1. The van der Waals surface area contributed by atoms with Gasteiger partial charge in [-0.2, -0.15) is 5.26 Å². The summed E-state index contributed by atoms with van der Waals surface area (Å²) < 4.78 is 39.4. The minimum Gasteiger partial charge on any atom is -0.497 e. The summed E-state index contributed by atoms with van der Waals surface area (Å²) in [5, 5.41) is 9.27. The molecule has 2 aliphatic heterocycles. The third-order valence-electron chi connectivity index (χ3n) is 10.9. The van der Waals surface area contributed by atoms with Gasteiger partial charge in [-0.15, -0.1) is 0 Å². The van der Waals surface area contributed by atoms with E-state index in [4.69, 9.17) is 32.7 Å². The summed E-state index contributed by atoms with van der Waals surface area (Å²) in [6.45, 7) is 12.4. The van der Waals surface area contributed by atoms with Crippen LogP contribution in [0.2, 0.25) is 0 Å². The minimum atomic E-state index is -1.52. The Labute approximate surface area is 359 Å². The fourth-order valence-corrected chi connectivity index (χ4v) is 9.42. The number of ether oxygens (including phenoxy) is 3. The predicted octanol–water partition coefficient (Wildman–Crippen LogP) is 9.21. The van der Waals surface area contributed by atoms with Gasteiger partial charge in [0.15, 0.2) is 16.8 Å². The van der Waals surface area contributed by atoms with Crippen molar-refractivity contribution in [1.29, 1.82) is 5.26 Å². The Morgan fingerprint density at radius 2 is 1.74 bits per heavy atom. The lowest BCUT2D eigenvalue weighted by atomic mass is 9.79. The zero-order chi connectivity index (χ0) is 43.4. The summed E-state index contributed by atoms with van der Waals surface area (Å²) in [5.74, 6) is 1.65. The van der Waals surface area contributed by atoms with Crippen LogP contribution in [0.5, 0.6) is 11.5 Å². The highest BCUT2D eigenvalue weighted by atomic mass is 31.2. The van der Waals surface area contributed by atoms with E-state index in [1.165, 1.54) is 6.07 Å². The molecular formula is C48H55N4O8P. The Morgan fingerprint density at radius 1 is 1.05 bits per heavy atom. The predicted molar refractivity (Wildman–Crippen MR) is 238 cm³/mol. The third kappa shape index (κ3) is 10.4. The van der Waals surface area contributed by atoms with Gasteiger partial charge in [0, 0.05) is 37.7 Å². The summed E-state index contributed by atoms with van der Waals surface area (Å²) in [4.78, 5) is 34.4. The van der Waals surface area contributed by atoms with Crippen LogP contribution in [0.3, 0.4) is 0 Å². The van der Waals surface area contributed by atoms with E-state index < -0.39 is 20.2 Å². The molecule has 12 nitrogen and oxygen atoms in total. The van der Waals surface area contributed by atoms with Crippen molar-refractivity contribution in [3.05, 3.63) is 136 Å². The van der Waals surface area contributed by atoms with E-state index in [0.717, 1.165) is 29.7 Å². The van der Waals surface area contributed by atoms with Gasteiger partial charge in [-0.1, -0.05) is 69.0 Å². The summed E-state index contributed by atoms with van der Waals surface area (Å²) in [6, 6.07) is 27.8. The van der Waals surface area contributed by atoms with Crippen molar-refractivity contribution >= 4 is 25.5 Å². The number of nitrogens with zero attached hydrogens (tertiary/aromatic N) is 4. The zero-order valence-electron chi connectivity index (χ0n) is 35.7. The molecule has 0 bridgehead atoms. The molecule has 0 spiro atoms. The summed E-state index contributed by atoms with van der Waals surface area (Å²) in [6.07, 6.45) is 5.29. The van der Waals surface area contributed by atoms with Gasteiger partial charge in [0.1, 0.15) is 28.3 Å². The molecule has 1 saturated heterocycles. The maximum absolute atomic E-state index is 14.5. The molecule has 0 N–H and O–H groups in total. The number of methoxy groups -OCH3 is 2. The third-order valence-corrected chi connectivity index (χ3v) is 12.8. The Morgan fingerprint density at radius 3 is 2.34 bits per heavy atom. The number of nitriles is 1. The molecule has 3 unspecified atom stereocenters. The van der Waals surface area contributed by atoms with Gasteiger partial charge < -0.3 is 32.6 Å². The number of benzene rings is 4. The topological polar surface area (TPSA) is 137 Å². The lowest BCUT2D eigenvalue weighted by Crippen LogP contribution is -2.42. The molecule has 6 rings (SSSR count). The second kappa shape index (κ2) is 21.4. The molecular weight excluding hydrogens is 792 g/mol. The average Bonchev–Trinajstić information content (AvgIpc) is 3.70. The Balaban J connectivity index is 1.34. The van der Waals surface area contributed by atoms with E-state index in [1.807, 2.05) is 90.7 Å². The summed E-state index contributed by atoms with van der Waals surface area (Å²) in [5.41, 5.74) is 3.44. The minimum absolute atomic E-state index is 0.0773. The molecule has 3 aromatic carbocycles. The molecule has 61 heavy (non-hydrogen) atoms. The maximum Gasteiger partial charge on any atom is 0.259 e. The maximum atomic E-state index is 14.5. The van der Waals surface area contributed by atoms with Gasteiger partial charge in [0.25, 0.3) is 8.53 Å². The fourth-order valence-electron chi connectivity index (χ4n) is 7.82. The van der Waals surface area contributed by atoms with E-state index in [0.29, 0.717) is 59.1 Å². The second-order valence-electron chi connectivity index (χ2n) is 14.7. The van der Waals surface area contributed by atoms with E-state index in [2.05, 4.69) is 31.2 Å². The highest BCUT2D eigenvalue weighted by Gasteiger charge is 2.43. The zero-order valence-corrected chi connectivity index (χ0v) is 36.6. The quantitative estimate of drug-likeness (QED) is 0.0303. The summed E-state index contributed by atoms with van der Waals surface area (Å²) in [7, 11) is 1.74. The molecule has 2 heterocycles. The molecule has 0 aromatic heterocycles. The molecule has 1 fully saturated rings. The van der Waals surface area contributed by atoms with Crippen LogP contribution in [0, 0.1) is 11.3 Å². The standard InChI is InChI=1S/C48H55N4O8P/c1-7-27-51(10-4)61(58-28-13-26-49)60-41-30-38(52(32-41)47(54)25-16-34-29-43-46(31-44(34)53)59-45-15-12-11-14-42(45)50-43)33-57-48(35(8-2)9-3,36-17-21-39(55-5)22-18-36)37-19-23-40(56-6)24-20-37/h8-9,11-12,14-15,17-24,29,31,38,41H,2,7,10,13,16,25,27-28,30,32-33H2,1,3-6H3. The molecule has 3 aliphatic rings. The highest BCUT2D eigenvalue weighted by Crippen LogP contribution is 2.47. The van der Waals surface area contributed by atoms with Crippen LogP contribution in [-0.2, 0) is 30.6 Å². The highest BCUT2D eigenvalue weighted by molar-refractivity contribution is 7.44. The largest absolute Gasteiger partial charge is 0.497 e. The van der Waals surface area contributed by atoms with Crippen LogP contribution < -0.4 is 14.9 Å². The van der Waals surface area contributed by atoms with Crippen molar-refractivity contribution in [2.75, 3.05) is 47.1 Å². The van der Waals surface area contributed by atoms with Crippen LogP contribution >= 0.6 is 8.53 Å². The van der Waals surface area contributed by atoms with Gasteiger partial charge in [-0.3, -0.25) is 9.59 Å². The lowest BCUT2D eigenvalue weighted by molar-refractivity contribution is -0.134. The first-order valence-electron chi connectivity index (χ1n) is 20.8. The van der Waals surface area contributed by atoms with Gasteiger partial charge in [0.2, 0.25) is 5.91 Å². The number of carbonyl (C=O) groups is 1. The number of fused-ring (bicyclic) bond motifs is 2. The van der Waals surface area contributed by atoms with Crippen LogP contribution in [0.15, 0.2) is 118 Å². The molecule has 3 atom stereocenters. The number of aromatic nitrogens is 1. The van der Waals surface area contributed by atoms with Crippen molar-refractivity contribution in [2.45, 2.75) is 70.6 Å². The molecule has 0 radical (unpaired) electrons. The average molecular weight is 847 g/mol. The van der Waals surface area contributed by atoms with Gasteiger partial charge >= 0.3 is 0 Å². The Bertz CT molecular complexity index is 2290. The molecule has 320 valence electrons. The first-order valence-corrected chi connectivity index (χ1v) is 21.9. The van der Waals surface area contributed by atoms with Crippen molar-refractivity contribution in [3.8, 4) is 29.0 Å². The van der Waals surface area contributed by atoms with Gasteiger partial charge in [0.05, 0.1) is 52.1 Å². The first kappa shape index (κ1) is 45.1. The first-order chi connectivity index (χ1) is 29.7. The Hall–Kier alpha value is -5.41. The van der Waals surface area contributed by atoms with E-state index in [1.54, 1.807) is 26.4 Å². The number of carbonyl (C=O) groups excluding carboxylic acids is 1. The van der Waals surface area contributed by atoms with Crippen molar-refractivity contribution in [3.63, 3.8) is 0 Å². The van der Waals surface area contributed by atoms with Gasteiger partial charge in [-0.05, 0) is 85.4 Å². The van der Waals surface area contributed by atoms with Crippen molar-refractivity contribution in [1.82, 2.24) is 14.6 Å². The number of allylic oxidation sites excluding steroid dienone is 1. The number of hydrogen-bond acceptors (Lipinski definition) is 11. The van der Waals surface area contributed by atoms with E-state index in [9.17, 15) is 14.9 Å². The fraction of sp³-hybridized carbons (Fsp3) is 0.375. The van der Waals surface area contributed by atoms with Crippen LogP contribution in [0.25, 0.3) is 22.6 Å². The molecule has 1 aliphatic carbocycles. The van der Waals surface area contributed by atoms with Crippen LogP contribution in [-0.4, -0.2) is 79.7 Å². The second-order valence-corrected chi connectivity index (χ2v) is 16.2. The Kier molecular flexibility index (Phi) is 15.8. The molecule has 0 saturated carbocycles. The normalized spacial score (nSPS) is 16.2. The van der Waals surface area contributed by atoms with Crippen LogP contribution in [0.4, 0.5) is 0 Å². The van der Waals surface area contributed by atoms with Crippen LogP contribution in [0.1, 0.15) is 63.1 Å². The van der Waals surface area contributed by atoms with E-state index >= 15 is 0 Å². The monoisotopic (exact) mass is 846 g/mol. The number of hydrogen-bond donors (Lipinski definition) is 0. The number of aryl methyl sites for hydroxylation is 1. The molecule has 13 heteroatoms. The number of para-hydroxylation sites is 2. The van der Waals surface area contributed by atoms with Crippen molar-refractivity contribution in [2.24, 2.45) is 0 Å². The lowest BCUT2D eigenvalue weighted by Gasteiger charge is -2.38. The molecule has 1 amide bonds. The number of likely N-dealkylation sites (tertiary alicyclic amines) is 1. The van der Waals surface area contributed by atoms with Gasteiger partial charge in [-0.25, -0.2) is 9.65 Å². The summed E-state index contributed by atoms with van der Waals surface area (Å²) >= 11 is 0. The van der Waals surface area contributed by atoms with Crippen molar-refractivity contribution < 1.29 is 32.5 Å². The number of rotatable bonds is 21. The number of amides is 1. The van der Waals surface area contributed by atoms with E-state index in [-0.39, 0.29) is 49.9 Å². The molecule has 3 aromatic rings. The smallest absolute Gasteiger partial charge is 0.259 e.